The molecule has 0 amide bonds. The molecule has 2 fully saturated rings. The van der Waals surface area contributed by atoms with Crippen LogP contribution in [-0.4, -0.2) is 29.8 Å². The summed E-state index contributed by atoms with van der Waals surface area (Å²) < 4.78 is 13.6. The Bertz CT molecular complexity index is 488. The quantitative estimate of drug-likeness (QED) is 0.841. The van der Waals surface area contributed by atoms with E-state index in [9.17, 15) is 9.18 Å². The summed E-state index contributed by atoms with van der Waals surface area (Å²) in [6, 6.07) is 7.20. The van der Waals surface area contributed by atoms with Gasteiger partial charge in [0.1, 0.15) is 5.82 Å². The van der Waals surface area contributed by atoms with Crippen LogP contribution >= 0.6 is 0 Å². The fourth-order valence-corrected chi connectivity index (χ4v) is 3.89. The summed E-state index contributed by atoms with van der Waals surface area (Å²) in [4.78, 5) is 14.6. The zero-order valence-electron chi connectivity index (χ0n) is 11.9. The molecule has 0 aromatic heterocycles. The molecule has 0 N–H and O–H groups in total. The fourth-order valence-electron chi connectivity index (χ4n) is 3.89. The van der Waals surface area contributed by atoms with E-state index in [1.807, 2.05) is 0 Å². The zero-order chi connectivity index (χ0) is 13.9. The smallest absolute Gasteiger partial charge is 0.151 e. The second-order valence-corrected chi connectivity index (χ2v) is 6.18. The van der Waals surface area contributed by atoms with E-state index in [1.54, 1.807) is 18.2 Å². The number of nitrogens with zero attached hydrogens (tertiary/aromatic N) is 1. The summed E-state index contributed by atoms with van der Waals surface area (Å²) in [6.45, 7) is 1.53. The molecule has 1 aromatic carbocycles. The number of carbonyl (C=O) groups excluding carboxylic acids is 1. The van der Waals surface area contributed by atoms with Crippen LogP contribution in [0, 0.1) is 11.7 Å². The maximum atomic E-state index is 13.6. The maximum absolute atomic E-state index is 13.6. The second kappa shape index (κ2) is 6.04. The Morgan fingerprint density at radius 3 is 2.85 bits per heavy atom. The molecular weight excluding hydrogens is 253 g/mol. The van der Waals surface area contributed by atoms with E-state index >= 15 is 0 Å². The van der Waals surface area contributed by atoms with Gasteiger partial charge >= 0.3 is 0 Å². The van der Waals surface area contributed by atoms with Crippen LogP contribution in [0.25, 0.3) is 0 Å². The van der Waals surface area contributed by atoms with Crippen molar-refractivity contribution in [2.75, 3.05) is 13.1 Å². The van der Waals surface area contributed by atoms with E-state index in [1.165, 1.54) is 38.2 Å². The van der Waals surface area contributed by atoms with Crippen LogP contribution in [0.5, 0.6) is 0 Å². The predicted molar refractivity (Wildman–Crippen MR) is 77.0 cm³/mol. The molecule has 2 nitrogen and oxygen atoms in total. The van der Waals surface area contributed by atoms with E-state index in [0.29, 0.717) is 18.2 Å². The molecule has 0 bridgehead atoms. The van der Waals surface area contributed by atoms with Crippen molar-refractivity contribution in [2.45, 2.75) is 44.6 Å². The third kappa shape index (κ3) is 2.93. The normalized spacial score (nSPS) is 26.4. The van der Waals surface area contributed by atoms with Gasteiger partial charge in [-0.05, 0) is 49.8 Å². The Hall–Kier alpha value is -1.22. The van der Waals surface area contributed by atoms with Crippen LogP contribution in [0.2, 0.25) is 0 Å². The van der Waals surface area contributed by atoms with Crippen LogP contribution in [0.1, 0.15) is 37.7 Å². The highest BCUT2D eigenvalue weighted by atomic mass is 19.1. The van der Waals surface area contributed by atoms with Crippen LogP contribution < -0.4 is 0 Å². The Labute approximate surface area is 120 Å². The molecule has 0 spiro atoms. The summed E-state index contributed by atoms with van der Waals surface area (Å²) in [6.07, 6.45) is 6.60. The number of piperidine rings is 1. The number of likely N-dealkylation sites (tertiary alicyclic amines) is 1. The molecule has 108 valence electrons. The maximum Gasteiger partial charge on any atom is 0.151 e. The van der Waals surface area contributed by atoms with Gasteiger partial charge < -0.3 is 0 Å². The molecule has 1 heterocycles. The number of rotatable bonds is 4. The average Bonchev–Trinajstić information content (AvgIpc) is 2.91. The molecule has 1 aliphatic heterocycles. The van der Waals surface area contributed by atoms with Crippen molar-refractivity contribution in [2.24, 2.45) is 5.92 Å². The van der Waals surface area contributed by atoms with Gasteiger partial charge in [0.2, 0.25) is 0 Å². The van der Waals surface area contributed by atoms with Crippen LogP contribution in [0.4, 0.5) is 4.39 Å². The second-order valence-electron chi connectivity index (χ2n) is 6.18. The molecule has 3 rings (SSSR count). The third-order valence-electron chi connectivity index (χ3n) is 4.83. The third-order valence-corrected chi connectivity index (χ3v) is 4.83. The largest absolute Gasteiger partial charge is 0.298 e. The lowest BCUT2D eigenvalue weighted by molar-refractivity contribution is -0.120. The fraction of sp³-hybridized carbons (Fsp3) is 0.588. The number of Topliss-reactive ketones (excluding diaryl/α,β-unsaturated/α-hetero) is 1. The van der Waals surface area contributed by atoms with Gasteiger partial charge in [0, 0.05) is 12.5 Å². The lowest BCUT2D eigenvalue weighted by Gasteiger charge is -2.37. The molecular formula is C17H22FNO. The van der Waals surface area contributed by atoms with Gasteiger partial charge in [0.15, 0.2) is 5.78 Å². The van der Waals surface area contributed by atoms with E-state index in [0.717, 1.165) is 12.5 Å². The van der Waals surface area contributed by atoms with Crippen molar-refractivity contribution in [3.05, 3.63) is 35.6 Å². The molecule has 3 heteroatoms. The molecule has 1 aliphatic carbocycles. The van der Waals surface area contributed by atoms with Crippen molar-refractivity contribution < 1.29 is 9.18 Å². The topological polar surface area (TPSA) is 20.3 Å². The lowest BCUT2D eigenvalue weighted by Crippen LogP contribution is -2.45. The number of carbonyl (C=O) groups is 1. The summed E-state index contributed by atoms with van der Waals surface area (Å²) in [7, 11) is 0. The SMILES string of the molecule is O=C(Cc1ccccc1F)CN1CCCC2CCCC21. The minimum absolute atomic E-state index is 0.141. The Morgan fingerprint density at radius 2 is 2.00 bits per heavy atom. The minimum Gasteiger partial charge on any atom is -0.298 e. The van der Waals surface area contributed by atoms with E-state index < -0.39 is 0 Å². The monoisotopic (exact) mass is 275 g/mol. The van der Waals surface area contributed by atoms with Gasteiger partial charge in [-0.1, -0.05) is 24.6 Å². The molecule has 1 saturated heterocycles. The van der Waals surface area contributed by atoms with E-state index in [2.05, 4.69) is 4.90 Å². The first kappa shape index (κ1) is 13.7. The summed E-state index contributed by atoms with van der Waals surface area (Å²) >= 11 is 0. The molecule has 1 aromatic rings. The van der Waals surface area contributed by atoms with E-state index in [-0.39, 0.29) is 18.0 Å². The van der Waals surface area contributed by atoms with Gasteiger partial charge in [-0.15, -0.1) is 0 Å². The zero-order valence-corrected chi connectivity index (χ0v) is 11.9. The number of hydrogen-bond donors (Lipinski definition) is 0. The van der Waals surface area contributed by atoms with Crippen LogP contribution in [-0.2, 0) is 11.2 Å². The minimum atomic E-state index is -0.266. The summed E-state index contributed by atoms with van der Waals surface area (Å²) in [5.74, 6) is 0.672. The number of fused-ring (bicyclic) bond motifs is 1. The number of benzene rings is 1. The van der Waals surface area contributed by atoms with Gasteiger partial charge in [0.05, 0.1) is 6.54 Å². The van der Waals surface area contributed by atoms with Gasteiger partial charge in [-0.3, -0.25) is 9.69 Å². The molecule has 2 aliphatic rings. The highest BCUT2D eigenvalue weighted by Gasteiger charge is 2.35. The van der Waals surface area contributed by atoms with Crippen LogP contribution in [0.15, 0.2) is 24.3 Å². The molecule has 2 unspecified atom stereocenters. The number of halogens is 1. The van der Waals surface area contributed by atoms with Crippen molar-refractivity contribution in [1.82, 2.24) is 4.90 Å². The first-order valence-corrected chi connectivity index (χ1v) is 7.73. The first-order chi connectivity index (χ1) is 9.74. The van der Waals surface area contributed by atoms with Crippen molar-refractivity contribution in [3.63, 3.8) is 0 Å². The highest BCUT2D eigenvalue weighted by molar-refractivity contribution is 5.82. The first-order valence-electron chi connectivity index (χ1n) is 7.73. The van der Waals surface area contributed by atoms with Gasteiger partial charge in [0.25, 0.3) is 0 Å². The lowest BCUT2D eigenvalue weighted by atomic mass is 9.91. The summed E-state index contributed by atoms with van der Waals surface area (Å²) in [5, 5.41) is 0. The number of hydrogen-bond acceptors (Lipinski definition) is 2. The van der Waals surface area contributed by atoms with Gasteiger partial charge in [-0.2, -0.15) is 0 Å². The van der Waals surface area contributed by atoms with E-state index in [4.69, 9.17) is 0 Å². The Morgan fingerprint density at radius 1 is 1.20 bits per heavy atom. The standard InChI is InChI=1S/C17H22FNO/c18-16-8-2-1-5-14(16)11-15(20)12-19-10-4-7-13-6-3-9-17(13)19/h1-2,5,8,13,17H,3-4,6-7,9-12H2. The van der Waals surface area contributed by atoms with Crippen molar-refractivity contribution in [3.8, 4) is 0 Å². The Balaban J connectivity index is 1.60. The molecule has 0 radical (unpaired) electrons. The Kier molecular flexibility index (Phi) is 4.16. The molecule has 1 saturated carbocycles. The highest BCUT2D eigenvalue weighted by Crippen LogP contribution is 2.36. The number of ketones is 1. The van der Waals surface area contributed by atoms with Crippen LogP contribution in [0.3, 0.4) is 0 Å². The van der Waals surface area contributed by atoms with Gasteiger partial charge in [-0.25, -0.2) is 4.39 Å². The van der Waals surface area contributed by atoms with Crippen molar-refractivity contribution in [1.29, 1.82) is 0 Å². The van der Waals surface area contributed by atoms with Crippen molar-refractivity contribution >= 4 is 5.78 Å². The summed E-state index contributed by atoms with van der Waals surface area (Å²) in [5.41, 5.74) is 0.525. The molecule has 20 heavy (non-hydrogen) atoms. The predicted octanol–water partition coefficient (Wildman–Crippen LogP) is 3.20. The molecule has 2 atom stereocenters. The average molecular weight is 275 g/mol.